The first kappa shape index (κ1) is 13.6. The zero-order chi connectivity index (χ0) is 13.0. The summed E-state index contributed by atoms with van der Waals surface area (Å²) in [7, 11) is 0. The molecular formula is C16H26N2. The van der Waals surface area contributed by atoms with Crippen LogP contribution in [0.5, 0.6) is 0 Å². The van der Waals surface area contributed by atoms with Gasteiger partial charge in [0.05, 0.1) is 0 Å². The third kappa shape index (κ3) is 3.82. The summed E-state index contributed by atoms with van der Waals surface area (Å²) in [5, 5.41) is 0. The van der Waals surface area contributed by atoms with Crippen molar-refractivity contribution < 1.29 is 0 Å². The lowest BCUT2D eigenvalue weighted by atomic mass is 10.0. The summed E-state index contributed by atoms with van der Waals surface area (Å²) >= 11 is 0. The molecule has 1 saturated carbocycles. The molecule has 0 atom stereocenters. The molecule has 0 radical (unpaired) electrons. The summed E-state index contributed by atoms with van der Waals surface area (Å²) in [5.41, 5.74) is 8.48. The van der Waals surface area contributed by atoms with Crippen LogP contribution in [0.15, 0.2) is 24.3 Å². The molecule has 0 unspecified atom stereocenters. The van der Waals surface area contributed by atoms with Crippen molar-refractivity contribution in [1.82, 2.24) is 4.90 Å². The van der Waals surface area contributed by atoms with Crippen molar-refractivity contribution in [1.29, 1.82) is 0 Å². The van der Waals surface area contributed by atoms with Crippen molar-refractivity contribution in [2.24, 2.45) is 5.73 Å². The maximum Gasteiger partial charge on any atom is 0.0236 e. The van der Waals surface area contributed by atoms with Gasteiger partial charge in [0.2, 0.25) is 0 Å². The normalized spacial score (nSPS) is 15.6. The molecule has 1 aliphatic carbocycles. The molecule has 2 heteroatoms. The summed E-state index contributed by atoms with van der Waals surface area (Å²) in [6.07, 6.45) is 3.85. The van der Waals surface area contributed by atoms with Gasteiger partial charge in [0.1, 0.15) is 0 Å². The molecule has 100 valence electrons. The molecule has 1 aromatic rings. The summed E-state index contributed by atoms with van der Waals surface area (Å²) in [6.45, 7) is 7.52. The van der Waals surface area contributed by atoms with E-state index in [1.165, 1.54) is 24.0 Å². The number of benzene rings is 1. The van der Waals surface area contributed by atoms with E-state index in [-0.39, 0.29) is 0 Å². The molecule has 0 aromatic heterocycles. The monoisotopic (exact) mass is 246 g/mol. The summed E-state index contributed by atoms with van der Waals surface area (Å²) in [4.78, 5) is 2.59. The second-order valence-corrected chi connectivity index (χ2v) is 5.74. The van der Waals surface area contributed by atoms with E-state index in [0.29, 0.717) is 5.92 Å². The van der Waals surface area contributed by atoms with Crippen LogP contribution in [0.2, 0.25) is 0 Å². The molecule has 0 aliphatic heterocycles. The molecule has 0 spiro atoms. The number of nitrogens with two attached hydrogens (primary N) is 1. The highest BCUT2D eigenvalue weighted by Gasteiger charge is 2.28. The first-order valence-corrected chi connectivity index (χ1v) is 7.23. The fraction of sp³-hybridized carbons (Fsp3) is 0.625. The Morgan fingerprint density at radius 2 is 1.89 bits per heavy atom. The number of rotatable bonds is 7. The van der Waals surface area contributed by atoms with E-state index in [1.807, 2.05) is 0 Å². The third-order valence-corrected chi connectivity index (χ3v) is 3.74. The van der Waals surface area contributed by atoms with Crippen LogP contribution >= 0.6 is 0 Å². The highest BCUT2D eigenvalue weighted by atomic mass is 15.2. The molecule has 2 nitrogen and oxygen atoms in total. The van der Waals surface area contributed by atoms with E-state index < -0.39 is 0 Å². The van der Waals surface area contributed by atoms with Crippen LogP contribution in [0.4, 0.5) is 0 Å². The lowest BCUT2D eigenvalue weighted by molar-refractivity contribution is 0.253. The largest absolute Gasteiger partial charge is 0.330 e. The van der Waals surface area contributed by atoms with Gasteiger partial charge in [-0.1, -0.05) is 38.1 Å². The average Bonchev–Trinajstić information content (AvgIpc) is 3.19. The summed E-state index contributed by atoms with van der Waals surface area (Å²) < 4.78 is 0. The Balaban J connectivity index is 1.93. The van der Waals surface area contributed by atoms with Crippen LogP contribution in [0.3, 0.4) is 0 Å². The van der Waals surface area contributed by atoms with Gasteiger partial charge in [-0.05, 0) is 49.4 Å². The van der Waals surface area contributed by atoms with E-state index in [1.54, 1.807) is 0 Å². The number of hydrogen-bond acceptors (Lipinski definition) is 2. The minimum Gasteiger partial charge on any atom is -0.330 e. The number of nitrogens with zero attached hydrogens (tertiary/aromatic N) is 1. The maximum absolute atomic E-state index is 5.62. The number of hydrogen-bond donors (Lipinski definition) is 1. The highest BCUT2D eigenvalue weighted by molar-refractivity contribution is 5.24. The van der Waals surface area contributed by atoms with Crippen molar-refractivity contribution in [2.75, 3.05) is 13.1 Å². The molecule has 1 aromatic carbocycles. The maximum atomic E-state index is 5.62. The molecule has 0 bridgehead atoms. The zero-order valence-corrected chi connectivity index (χ0v) is 11.7. The molecule has 0 heterocycles. The van der Waals surface area contributed by atoms with Crippen molar-refractivity contribution in [2.45, 2.75) is 51.6 Å². The highest BCUT2D eigenvalue weighted by Crippen LogP contribution is 2.28. The smallest absolute Gasteiger partial charge is 0.0236 e. The third-order valence-electron chi connectivity index (χ3n) is 3.74. The lowest BCUT2D eigenvalue weighted by Gasteiger charge is -2.22. The fourth-order valence-electron chi connectivity index (χ4n) is 2.37. The van der Waals surface area contributed by atoms with Gasteiger partial charge in [0, 0.05) is 12.6 Å². The summed E-state index contributed by atoms with van der Waals surface area (Å²) in [5.74, 6) is 0.621. The Morgan fingerprint density at radius 1 is 1.22 bits per heavy atom. The van der Waals surface area contributed by atoms with Crippen molar-refractivity contribution in [3.63, 3.8) is 0 Å². The molecule has 0 saturated heterocycles. The average molecular weight is 246 g/mol. The Hall–Kier alpha value is -0.860. The van der Waals surface area contributed by atoms with Crippen LogP contribution in [0, 0.1) is 0 Å². The fourth-order valence-corrected chi connectivity index (χ4v) is 2.37. The standard InChI is InChI=1S/C16H26N2/c1-13(2)15-6-4-14(5-7-15)12-18(11-3-10-17)16-8-9-16/h4-7,13,16H,3,8-12,17H2,1-2H3. The van der Waals surface area contributed by atoms with Gasteiger partial charge in [-0.15, -0.1) is 0 Å². The minimum absolute atomic E-state index is 0.621. The molecular weight excluding hydrogens is 220 g/mol. The molecule has 2 N–H and O–H groups in total. The van der Waals surface area contributed by atoms with Gasteiger partial charge < -0.3 is 5.73 Å². The Kier molecular flexibility index (Phi) is 4.79. The minimum atomic E-state index is 0.621. The van der Waals surface area contributed by atoms with Crippen LogP contribution in [0.1, 0.15) is 50.2 Å². The molecule has 1 aliphatic rings. The second kappa shape index (κ2) is 6.35. The molecule has 18 heavy (non-hydrogen) atoms. The second-order valence-electron chi connectivity index (χ2n) is 5.74. The zero-order valence-electron chi connectivity index (χ0n) is 11.7. The Morgan fingerprint density at radius 3 is 2.39 bits per heavy atom. The van der Waals surface area contributed by atoms with Crippen molar-refractivity contribution >= 4 is 0 Å². The van der Waals surface area contributed by atoms with Gasteiger partial charge in [-0.2, -0.15) is 0 Å². The lowest BCUT2D eigenvalue weighted by Crippen LogP contribution is -2.28. The topological polar surface area (TPSA) is 29.3 Å². The first-order valence-electron chi connectivity index (χ1n) is 7.23. The van der Waals surface area contributed by atoms with E-state index in [0.717, 1.165) is 32.1 Å². The van der Waals surface area contributed by atoms with E-state index in [9.17, 15) is 0 Å². The van der Waals surface area contributed by atoms with E-state index in [2.05, 4.69) is 43.0 Å². The first-order chi connectivity index (χ1) is 8.70. The van der Waals surface area contributed by atoms with Crippen molar-refractivity contribution in [3.8, 4) is 0 Å². The predicted octanol–water partition coefficient (Wildman–Crippen LogP) is 3.12. The van der Waals surface area contributed by atoms with Crippen LogP contribution < -0.4 is 5.73 Å². The van der Waals surface area contributed by atoms with E-state index >= 15 is 0 Å². The van der Waals surface area contributed by atoms with Crippen LogP contribution in [-0.2, 0) is 6.54 Å². The molecule has 2 rings (SSSR count). The molecule has 0 amide bonds. The van der Waals surface area contributed by atoms with Gasteiger partial charge in [0.15, 0.2) is 0 Å². The van der Waals surface area contributed by atoms with Gasteiger partial charge in [-0.25, -0.2) is 0 Å². The van der Waals surface area contributed by atoms with Crippen molar-refractivity contribution in [3.05, 3.63) is 35.4 Å². The van der Waals surface area contributed by atoms with E-state index in [4.69, 9.17) is 5.73 Å². The van der Waals surface area contributed by atoms with Gasteiger partial charge in [-0.3, -0.25) is 4.90 Å². The molecule has 1 fully saturated rings. The van der Waals surface area contributed by atoms with Crippen LogP contribution in [-0.4, -0.2) is 24.0 Å². The SMILES string of the molecule is CC(C)c1ccc(CN(CCCN)C2CC2)cc1. The van der Waals surface area contributed by atoms with Gasteiger partial charge >= 0.3 is 0 Å². The quantitative estimate of drug-likeness (QED) is 0.801. The summed E-state index contributed by atoms with van der Waals surface area (Å²) in [6, 6.07) is 9.93. The Labute approximate surface area is 111 Å². The predicted molar refractivity (Wildman–Crippen MR) is 77.6 cm³/mol. The van der Waals surface area contributed by atoms with Crippen LogP contribution in [0.25, 0.3) is 0 Å². The Bertz CT molecular complexity index is 352. The van der Waals surface area contributed by atoms with Gasteiger partial charge in [0.25, 0.3) is 0 Å².